The van der Waals surface area contributed by atoms with Crippen molar-refractivity contribution in [1.82, 2.24) is 24.7 Å². The Morgan fingerprint density at radius 2 is 2.32 bits per heavy atom. The topological polar surface area (TPSA) is 104 Å². The van der Waals surface area contributed by atoms with Gasteiger partial charge in [-0.2, -0.15) is 20.1 Å². The van der Waals surface area contributed by atoms with Crippen molar-refractivity contribution < 1.29 is 4.74 Å². The molecule has 2 aromatic rings. The first-order valence-corrected chi connectivity index (χ1v) is 5.80. The lowest BCUT2D eigenvalue weighted by atomic mass is 10.3. The van der Waals surface area contributed by atoms with Crippen LogP contribution in [0.1, 0.15) is 12.8 Å². The van der Waals surface area contributed by atoms with Crippen LogP contribution in [0, 0.1) is 0 Å². The van der Waals surface area contributed by atoms with Crippen molar-refractivity contribution >= 4 is 5.95 Å². The van der Waals surface area contributed by atoms with Gasteiger partial charge < -0.3 is 4.74 Å². The molecule has 19 heavy (non-hydrogen) atoms. The van der Waals surface area contributed by atoms with Crippen molar-refractivity contribution in [2.24, 2.45) is 5.84 Å². The van der Waals surface area contributed by atoms with Gasteiger partial charge in [-0.15, -0.1) is 6.58 Å². The van der Waals surface area contributed by atoms with E-state index >= 15 is 0 Å². The Morgan fingerprint density at radius 3 is 3.00 bits per heavy atom. The van der Waals surface area contributed by atoms with Crippen LogP contribution >= 0.6 is 0 Å². The molecule has 100 valence electrons. The van der Waals surface area contributed by atoms with Gasteiger partial charge in [-0.3, -0.25) is 5.43 Å². The van der Waals surface area contributed by atoms with Crippen LogP contribution in [-0.4, -0.2) is 31.3 Å². The van der Waals surface area contributed by atoms with Gasteiger partial charge in [0.15, 0.2) is 0 Å². The number of ether oxygens (including phenoxy) is 1. The highest BCUT2D eigenvalue weighted by Gasteiger charge is 2.08. The fraction of sp³-hybridized carbons (Fsp3) is 0.273. The van der Waals surface area contributed by atoms with E-state index < -0.39 is 0 Å². The first kappa shape index (κ1) is 13.0. The molecular formula is C11H15N7O. The van der Waals surface area contributed by atoms with Crippen molar-refractivity contribution in [3.05, 3.63) is 31.1 Å². The molecule has 0 radical (unpaired) electrons. The third kappa shape index (κ3) is 3.49. The van der Waals surface area contributed by atoms with E-state index in [1.165, 1.54) is 4.68 Å². The summed E-state index contributed by atoms with van der Waals surface area (Å²) in [7, 11) is 0. The molecule has 0 aliphatic carbocycles. The Kier molecular flexibility index (Phi) is 4.40. The van der Waals surface area contributed by atoms with Crippen LogP contribution in [0.2, 0.25) is 0 Å². The minimum absolute atomic E-state index is 0.206. The van der Waals surface area contributed by atoms with Gasteiger partial charge in [0, 0.05) is 12.4 Å². The molecule has 0 aromatic carbocycles. The Hall–Kier alpha value is -2.48. The maximum atomic E-state index is 5.44. The SMILES string of the molecule is C=CCCCOc1nc(NN)nc(-n2cccn2)n1. The Morgan fingerprint density at radius 1 is 1.42 bits per heavy atom. The number of nitrogens with zero attached hydrogens (tertiary/aromatic N) is 5. The van der Waals surface area contributed by atoms with Gasteiger partial charge in [0.1, 0.15) is 0 Å². The van der Waals surface area contributed by atoms with Crippen LogP contribution in [0.3, 0.4) is 0 Å². The van der Waals surface area contributed by atoms with Crippen molar-refractivity contribution in [1.29, 1.82) is 0 Å². The highest BCUT2D eigenvalue weighted by atomic mass is 16.5. The van der Waals surface area contributed by atoms with E-state index in [0.29, 0.717) is 12.6 Å². The number of nitrogens with one attached hydrogen (secondary N) is 1. The predicted molar refractivity (Wildman–Crippen MR) is 69.7 cm³/mol. The van der Waals surface area contributed by atoms with E-state index in [4.69, 9.17) is 10.6 Å². The fourth-order valence-corrected chi connectivity index (χ4v) is 1.36. The van der Waals surface area contributed by atoms with Gasteiger partial charge in [0.05, 0.1) is 6.61 Å². The van der Waals surface area contributed by atoms with Gasteiger partial charge in [-0.05, 0) is 18.9 Å². The summed E-state index contributed by atoms with van der Waals surface area (Å²) >= 11 is 0. The number of nitrogens with two attached hydrogens (primary N) is 1. The number of anilines is 1. The van der Waals surface area contributed by atoms with Crippen LogP contribution in [-0.2, 0) is 0 Å². The van der Waals surface area contributed by atoms with Crippen molar-refractivity contribution in [3.8, 4) is 12.0 Å². The molecule has 3 N–H and O–H groups in total. The van der Waals surface area contributed by atoms with Crippen molar-refractivity contribution in [2.45, 2.75) is 12.8 Å². The standard InChI is InChI=1S/C11H15N7O/c1-2-3-4-8-19-11-15-9(17-12)14-10(16-11)18-7-5-6-13-18/h2,5-7H,1,3-4,8,12H2,(H,14,15,16,17). The summed E-state index contributed by atoms with van der Waals surface area (Å²) in [6, 6.07) is 1.97. The zero-order chi connectivity index (χ0) is 13.5. The van der Waals surface area contributed by atoms with Gasteiger partial charge in [-0.1, -0.05) is 6.08 Å². The van der Waals surface area contributed by atoms with Gasteiger partial charge >= 0.3 is 6.01 Å². The molecule has 8 nitrogen and oxygen atoms in total. The van der Waals surface area contributed by atoms with Crippen LogP contribution < -0.4 is 16.0 Å². The fourth-order valence-electron chi connectivity index (χ4n) is 1.36. The Labute approximate surface area is 110 Å². The smallest absolute Gasteiger partial charge is 0.323 e. The minimum Gasteiger partial charge on any atom is -0.463 e. The van der Waals surface area contributed by atoms with E-state index in [1.54, 1.807) is 18.5 Å². The molecule has 0 spiro atoms. The maximum Gasteiger partial charge on any atom is 0.323 e. The molecular weight excluding hydrogens is 246 g/mol. The number of hydrogen-bond donors (Lipinski definition) is 2. The number of unbranched alkanes of at least 4 members (excludes halogenated alkanes) is 1. The highest BCUT2D eigenvalue weighted by Crippen LogP contribution is 2.10. The first-order valence-electron chi connectivity index (χ1n) is 5.80. The second-order valence-electron chi connectivity index (χ2n) is 3.62. The second-order valence-corrected chi connectivity index (χ2v) is 3.62. The summed E-state index contributed by atoms with van der Waals surface area (Å²) in [5.74, 6) is 5.88. The Bertz CT molecular complexity index is 526. The van der Waals surface area contributed by atoms with Crippen LogP contribution in [0.4, 0.5) is 5.95 Å². The average Bonchev–Trinajstić information content (AvgIpc) is 2.97. The van der Waals surface area contributed by atoms with E-state index in [-0.39, 0.29) is 12.0 Å². The summed E-state index contributed by atoms with van der Waals surface area (Å²) in [4.78, 5) is 12.3. The third-order valence-corrected chi connectivity index (χ3v) is 2.23. The molecule has 0 bridgehead atoms. The molecule has 2 aromatic heterocycles. The molecule has 0 fully saturated rings. The lowest BCUT2D eigenvalue weighted by molar-refractivity contribution is 0.286. The molecule has 0 saturated heterocycles. The average molecular weight is 261 g/mol. The van der Waals surface area contributed by atoms with Gasteiger partial charge in [-0.25, -0.2) is 10.5 Å². The highest BCUT2D eigenvalue weighted by molar-refractivity contribution is 5.28. The Balaban J connectivity index is 2.14. The number of hydrogen-bond acceptors (Lipinski definition) is 7. The normalized spacial score (nSPS) is 10.2. The molecule has 0 saturated carbocycles. The number of allylic oxidation sites excluding steroid dienone is 1. The van der Waals surface area contributed by atoms with Crippen LogP contribution in [0.25, 0.3) is 5.95 Å². The van der Waals surface area contributed by atoms with Crippen LogP contribution in [0.15, 0.2) is 31.1 Å². The zero-order valence-corrected chi connectivity index (χ0v) is 10.4. The molecule has 0 atom stereocenters. The molecule has 0 unspecified atom stereocenters. The molecule has 2 heterocycles. The zero-order valence-electron chi connectivity index (χ0n) is 10.4. The quantitative estimate of drug-likeness (QED) is 0.327. The molecule has 0 aliphatic rings. The third-order valence-electron chi connectivity index (χ3n) is 2.23. The monoisotopic (exact) mass is 261 g/mol. The van der Waals surface area contributed by atoms with E-state index in [1.807, 2.05) is 6.08 Å². The number of hydrazine groups is 1. The molecule has 0 amide bonds. The second kappa shape index (κ2) is 6.45. The van der Waals surface area contributed by atoms with Gasteiger partial charge in [0.25, 0.3) is 5.95 Å². The van der Waals surface area contributed by atoms with Crippen molar-refractivity contribution in [2.75, 3.05) is 12.0 Å². The summed E-state index contributed by atoms with van der Waals surface area (Å²) in [6.45, 7) is 4.14. The largest absolute Gasteiger partial charge is 0.463 e. The van der Waals surface area contributed by atoms with Gasteiger partial charge in [0.2, 0.25) is 5.95 Å². The summed E-state index contributed by atoms with van der Waals surface area (Å²) < 4.78 is 6.94. The minimum atomic E-state index is 0.206. The lowest BCUT2D eigenvalue weighted by Crippen LogP contribution is -2.15. The summed E-state index contributed by atoms with van der Waals surface area (Å²) in [5, 5.41) is 4.04. The number of nitrogen functional groups attached to an aromatic ring is 1. The maximum absolute atomic E-state index is 5.44. The number of aromatic nitrogens is 5. The molecule has 2 rings (SSSR count). The van der Waals surface area contributed by atoms with E-state index in [9.17, 15) is 0 Å². The van der Waals surface area contributed by atoms with Crippen LogP contribution in [0.5, 0.6) is 6.01 Å². The lowest BCUT2D eigenvalue weighted by Gasteiger charge is -2.07. The van der Waals surface area contributed by atoms with Crippen molar-refractivity contribution in [3.63, 3.8) is 0 Å². The number of rotatable bonds is 7. The predicted octanol–water partition coefficient (Wildman–Crippen LogP) is 0.688. The summed E-state index contributed by atoms with van der Waals surface area (Å²) in [5.41, 5.74) is 2.37. The molecule has 8 heteroatoms. The first-order chi connectivity index (χ1) is 9.33. The molecule has 0 aliphatic heterocycles. The van der Waals surface area contributed by atoms with E-state index in [0.717, 1.165) is 12.8 Å². The van der Waals surface area contributed by atoms with E-state index in [2.05, 4.69) is 32.1 Å². The summed E-state index contributed by atoms with van der Waals surface area (Å²) in [6.07, 6.45) is 6.90.